The van der Waals surface area contributed by atoms with Gasteiger partial charge in [0.15, 0.2) is 0 Å². The van der Waals surface area contributed by atoms with Crippen LogP contribution in [0.15, 0.2) is 24.3 Å². The molecule has 0 radical (unpaired) electrons. The van der Waals surface area contributed by atoms with Gasteiger partial charge in [-0.1, -0.05) is 17.7 Å². The van der Waals surface area contributed by atoms with Gasteiger partial charge >= 0.3 is 25.7 Å². The van der Waals surface area contributed by atoms with Gasteiger partial charge in [-0.15, -0.1) is 6.58 Å². The van der Waals surface area contributed by atoms with Crippen molar-refractivity contribution in [2.24, 2.45) is 0 Å². The number of allylic oxidation sites excluding steroid dienone is 3. The molecule has 3 heteroatoms. The average Bonchev–Trinajstić information content (AvgIpc) is 2.08. The predicted octanol–water partition coefficient (Wildman–Crippen LogP) is 2.82. The van der Waals surface area contributed by atoms with Gasteiger partial charge in [-0.05, 0) is 32.1 Å². The zero-order valence-corrected chi connectivity index (χ0v) is 8.78. The Kier molecular flexibility index (Phi) is 8.73. The van der Waals surface area contributed by atoms with Gasteiger partial charge in [0.05, 0.1) is 0 Å². The summed E-state index contributed by atoms with van der Waals surface area (Å²) in [6, 6.07) is 0. The number of rotatable bonds is 2. The molecule has 0 saturated carbocycles. The van der Waals surface area contributed by atoms with Crippen LogP contribution in [0.4, 0.5) is 0 Å². The van der Waals surface area contributed by atoms with E-state index in [1.807, 2.05) is 6.08 Å². The summed E-state index contributed by atoms with van der Waals surface area (Å²) in [4.78, 5) is 0. The molecule has 0 aromatic heterocycles. The Morgan fingerprint density at radius 1 is 1.50 bits per heavy atom. The van der Waals surface area contributed by atoms with Crippen LogP contribution in [0, 0.1) is 0 Å². The van der Waals surface area contributed by atoms with Gasteiger partial charge in [0, 0.05) is 0 Å². The molecule has 0 fully saturated rings. The third-order valence-corrected chi connectivity index (χ3v) is 1.79. The molecule has 0 N–H and O–H groups in total. The van der Waals surface area contributed by atoms with Gasteiger partial charge in [0.25, 0.3) is 0 Å². The summed E-state index contributed by atoms with van der Waals surface area (Å²) >= 11 is -2.00. The van der Waals surface area contributed by atoms with Gasteiger partial charge in [-0.3, -0.25) is 0 Å². The van der Waals surface area contributed by atoms with Gasteiger partial charge in [-0.25, -0.2) is 0 Å². The van der Waals surface area contributed by atoms with Crippen LogP contribution in [0.5, 0.6) is 0 Å². The molecular formula is C9H14O2Ti. The third kappa shape index (κ3) is 6.50. The molecule has 0 saturated heterocycles. The Balaban J connectivity index is 0.000000354. The summed E-state index contributed by atoms with van der Waals surface area (Å²) < 4.78 is 17.0. The minimum absolute atomic E-state index is 1.11. The van der Waals surface area contributed by atoms with Crippen molar-refractivity contribution in [2.75, 3.05) is 0 Å². The van der Waals surface area contributed by atoms with Gasteiger partial charge < -0.3 is 0 Å². The maximum atomic E-state index is 8.50. The quantitative estimate of drug-likeness (QED) is 0.509. The molecule has 0 aromatic carbocycles. The van der Waals surface area contributed by atoms with E-state index in [2.05, 4.69) is 12.7 Å². The summed E-state index contributed by atoms with van der Waals surface area (Å²) in [6.07, 6.45) is 10.9. The molecule has 0 amide bonds. The molecule has 0 atom stereocenters. The maximum absolute atomic E-state index is 8.50. The second-order valence-corrected chi connectivity index (χ2v) is 2.94. The van der Waals surface area contributed by atoms with Crippen LogP contribution in [-0.2, 0) is 25.7 Å². The van der Waals surface area contributed by atoms with Crippen molar-refractivity contribution in [3.05, 3.63) is 24.3 Å². The fraction of sp³-hybridized carbons (Fsp3) is 0.556. The second-order valence-electron chi connectivity index (χ2n) is 2.68. The van der Waals surface area contributed by atoms with Gasteiger partial charge in [-0.2, -0.15) is 0 Å². The molecule has 0 bridgehead atoms. The van der Waals surface area contributed by atoms with Crippen molar-refractivity contribution < 1.29 is 25.7 Å². The molecule has 0 spiro atoms. The van der Waals surface area contributed by atoms with Crippen LogP contribution in [0.25, 0.3) is 0 Å². The SMILES string of the molecule is C=CCC1=CCCCC1.[O]=[Ti]=[O]. The normalized spacial score (nSPS) is 14.8. The minimum atomic E-state index is -2.00. The standard InChI is InChI=1S/C9H14.2O.Ti/c1-2-6-9-7-4-3-5-8-9;;;/h2,7H,1,3-6,8H2;;;. The summed E-state index contributed by atoms with van der Waals surface area (Å²) in [6.45, 7) is 3.71. The number of hydrogen-bond acceptors (Lipinski definition) is 2. The summed E-state index contributed by atoms with van der Waals surface area (Å²) in [5.74, 6) is 0. The topological polar surface area (TPSA) is 34.1 Å². The Labute approximate surface area is 82.3 Å². The van der Waals surface area contributed by atoms with Gasteiger partial charge in [0.1, 0.15) is 0 Å². The van der Waals surface area contributed by atoms with Crippen molar-refractivity contribution in [2.45, 2.75) is 32.1 Å². The fourth-order valence-corrected chi connectivity index (χ4v) is 1.28. The molecule has 12 heavy (non-hydrogen) atoms. The van der Waals surface area contributed by atoms with Crippen molar-refractivity contribution in [1.82, 2.24) is 0 Å². The van der Waals surface area contributed by atoms with E-state index in [0.717, 1.165) is 6.42 Å². The summed E-state index contributed by atoms with van der Waals surface area (Å²) in [5.41, 5.74) is 1.59. The Morgan fingerprint density at radius 2 is 2.17 bits per heavy atom. The van der Waals surface area contributed by atoms with Crippen LogP contribution in [0.2, 0.25) is 0 Å². The van der Waals surface area contributed by atoms with Crippen LogP contribution >= 0.6 is 0 Å². The van der Waals surface area contributed by atoms with E-state index in [-0.39, 0.29) is 0 Å². The van der Waals surface area contributed by atoms with E-state index in [1.165, 1.54) is 25.7 Å². The summed E-state index contributed by atoms with van der Waals surface area (Å²) in [7, 11) is 0. The monoisotopic (exact) mass is 202 g/mol. The first-order valence-corrected chi connectivity index (χ1v) is 5.40. The van der Waals surface area contributed by atoms with Gasteiger partial charge in [0.2, 0.25) is 0 Å². The molecular weight excluding hydrogens is 188 g/mol. The van der Waals surface area contributed by atoms with Crippen LogP contribution < -0.4 is 0 Å². The van der Waals surface area contributed by atoms with E-state index in [0.29, 0.717) is 0 Å². The summed E-state index contributed by atoms with van der Waals surface area (Å²) in [5, 5.41) is 0. The Bertz CT molecular complexity index is 191. The van der Waals surface area contributed by atoms with Crippen LogP contribution in [0.3, 0.4) is 0 Å². The van der Waals surface area contributed by atoms with Crippen LogP contribution in [0.1, 0.15) is 32.1 Å². The molecule has 66 valence electrons. The van der Waals surface area contributed by atoms with E-state index < -0.39 is 19.1 Å². The third-order valence-electron chi connectivity index (χ3n) is 1.79. The molecule has 1 aliphatic rings. The van der Waals surface area contributed by atoms with Crippen molar-refractivity contribution in [3.8, 4) is 0 Å². The van der Waals surface area contributed by atoms with E-state index >= 15 is 0 Å². The predicted molar refractivity (Wildman–Crippen MR) is 42.7 cm³/mol. The molecule has 2 nitrogen and oxygen atoms in total. The molecule has 1 aliphatic carbocycles. The first kappa shape index (κ1) is 11.8. The Morgan fingerprint density at radius 3 is 2.58 bits per heavy atom. The molecule has 0 unspecified atom stereocenters. The zero-order valence-electron chi connectivity index (χ0n) is 7.21. The van der Waals surface area contributed by atoms with E-state index in [1.54, 1.807) is 5.57 Å². The molecule has 0 heterocycles. The van der Waals surface area contributed by atoms with Crippen LogP contribution in [-0.4, -0.2) is 0 Å². The first-order valence-electron chi connectivity index (χ1n) is 4.13. The Hall–Kier alpha value is -0.206. The molecule has 0 aromatic rings. The number of hydrogen-bond donors (Lipinski definition) is 0. The van der Waals surface area contributed by atoms with Crippen molar-refractivity contribution >= 4 is 0 Å². The fourth-order valence-electron chi connectivity index (χ4n) is 1.28. The average molecular weight is 202 g/mol. The van der Waals surface area contributed by atoms with Crippen molar-refractivity contribution in [3.63, 3.8) is 0 Å². The van der Waals surface area contributed by atoms with Crippen molar-refractivity contribution in [1.29, 1.82) is 0 Å². The van der Waals surface area contributed by atoms with E-state index in [4.69, 9.17) is 6.65 Å². The van der Waals surface area contributed by atoms with E-state index in [9.17, 15) is 0 Å². The molecule has 1 rings (SSSR count). The second kappa shape index (κ2) is 8.89. The molecule has 0 aliphatic heterocycles. The zero-order chi connectivity index (χ0) is 9.23. The first-order chi connectivity index (χ1) is 5.85.